The maximum absolute atomic E-state index is 11.9. The second kappa shape index (κ2) is 6.65. The van der Waals surface area contributed by atoms with Crippen LogP contribution in [0, 0.1) is 0 Å². The summed E-state index contributed by atoms with van der Waals surface area (Å²) >= 11 is 0. The first kappa shape index (κ1) is 14.0. The van der Waals surface area contributed by atoms with E-state index in [1.807, 2.05) is 6.07 Å². The Morgan fingerprint density at radius 2 is 2.05 bits per heavy atom. The number of amides is 1. The van der Waals surface area contributed by atoms with Gasteiger partial charge in [-0.3, -0.25) is 4.79 Å². The number of ether oxygens (including phenoxy) is 1. The lowest BCUT2D eigenvalue weighted by Gasteiger charge is -2.16. The Bertz CT molecular complexity index is 535. The van der Waals surface area contributed by atoms with Crippen LogP contribution in [0.3, 0.4) is 0 Å². The number of furan rings is 1. The van der Waals surface area contributed by atoms with Gasteiger partial charge in [0.05, 0.1) is 25.6 Å². The highest BCUT2D eigenvalue weighted by Crippen LogP contribution is 2.13. The van der Waals surface area contributed by atoms with Gasteiger partial charge in [0.2, 0.25) is 5.91 Å². The van der Waals surface area contributed by atoms with E-state index in [-0.39, 0.29) is 5.91 Å². The van der Waals surface area contributed by atoms with Gasteiger partial charge < -0.3 is 19.8 Å². The van der Waals surface area contributed by atoms with Gasteiger partial charge in [-0.15, -0.1) is 0 Å². The van der Waals surface area contributed by atoms with Crippen molar-refractivity contribution in [2.45, 2.75) is 13.0 Å². The molecular weight excluding hydrogens is 256 g/mol. The average Bonchev–Trinajstić information content (AvgIpc) is 2.93. The van der Waals surface area contributed by atoms with E-state index >= 15 is 0 Å². The number of hydrogen-bond donors (Lipinski definition) is 1. The third-order valence-corrected chi connectivity index (χ3v) is 2.89. The minimum Gasteiger partial charge on any atom is -0.493 e. The van der Waals surface area contributed by atoms with Gasteiger partial charge >= 0.3 is 0 Å². The standard InChI is InChI=1S/C15H18N2O3/c1-17(10-12-6-8-19-11-12)15(18)7-9-20-14-4-2-13(16)3-5-14/h2-6,8,11H,7,9-10,16H2,1H3. The zero-order chi connectivity index (χ0) is 14.4. The molecular formula is C15H18N2O3. The zero-order valence-electron chi connectivity index (χ0n) is 11.4. The summed E-state index contributed by atoms with van der Waals surface area (Å²) in [5.41, 5.74) is 7.24. The van der Waals surface area contributed by atoms with E-state index in [0.29, 0.717) is 31.0 Å². The van der Waals surface area contributed by atoms with Gasteiger partial charge in [-0.05, 0) is 30.3 Å². The van der Waals surface area contributed by atoms with Crippen molar-refractivity contribution < 1.29 is 13.9 Å². The molecule has 0 saturated carbocycles. The van der Waals surface area contributed by atoms with Gasteiger partial charge in [0.25, 0.3) is 0 Å². The third-order valence-electron chi connectivity index (χ3n) is 2.89. The van der Waals surface area contributed by atoms with Crippen LogP contribution in [0.2, 0.25) is 0 Å². The molecule has 1 aromatic carbocycles. The summed E-state index contributed by atoms with van der Waals surface area (Å²) in [7, 11) is 1.76. The number of carbonyl (C=O) groups excluding carboxylic acids is 1. The fourth-order valence-corrected chi connectivity index (χ4v) is 1.76. The molecule has 0 radical (unpaired) electrons. The monoisotopic (exact) mass is 274 g/mol. The second-order valence-electron chi connectivity index (χ2n) is 4.55. The molecule has 1 amide bonds. The Balaban J connectivity index is 1.73. The summed E-state index contributed by atoms with van der Waals surface area (Å²) in [6.07, 6.45) is 3.56. The largest absolute Gasteiger partial charge is 0.493 e. The van der Waals surface area contributed by atoms with Crippen LogP contribution in [0.4, 0.5) is 5.69 Å². The van der Waals surface area contributed by atoms with Crippen molar-refractivity contribution >= 4 is 11.6 Å². The SMILES string of the molecule is CN(Cc1ccoc1)C(=O)CCOc1ccc(N)cc1. The van der Waals surface area contributed by atoms with Crippen LogP contribution < -0.4 is 10.5 Å². The van der Waals surface area contributed by atoms with Crippen molar-refractivity contribution in [1.29, 1.82) is 0 Å². The first-order valence-electron chi connectivity index (χ1n) is 6.38. The van der Waals surface area contributed by atoms with Crippen molar-refractivity contribution in [2.75, 3.05) is 19.4 Å². The van der Waals surface area contributed by atoms with E-state index in [1.165, 1.54) is 0 Å². The van der Waals surface area contributed by atoms with Crippen LogP contribution in [-0.4, -0.2) is 24.5 Å². The molecule has 5 nitrogen and oxygen atoms in total. The Hall–Kier alpha value is -2.43. The third kappa shape index (κ3) is 4.05. The molecule has 2 N–H and O–H groups in total. The first-order valence-corrected chi connectivity index (χ1v) is 6.38. The molecule has 2 rings (SSSR count). The maximum Gasteiger partial charge on any atom is 0.226 e. The lowest BCUT2D eigenvalue weighted by Crippen LogP contribution is -2.27. The minimum atomic E-state index is 0.0293. The molecule has 0 fully saturated rings. The fraction of sp³-hybridized carbons (Fsp3) is 0.267. The van der Waals surface area contributed by atoms with Crippen LogP contribution in [0.5, 0.6) is 5.75 Å². The van der Waals surface area contributed by atoms with Crippen LogP contribution in [0.25, 0.3) is 0 Å². The number of anilines is 1. The molecule has 0 unspecified atom stereocenters. The summed E-state index contributed by atoms with van der Waals surface area (Å²) in [5.74, 6) is 0.742. The average molecular weight is 274 g/mol. The molecule has 1 heterocycles. The van der Waals surface area contributed by atoms with Crippen molar-refractivity contribution in [3.63, 3.8) is 0 Å². The van der Waals surface area contributed by atoms with Gasteiger partial charge in [0.1, 0.15) is 5.75 Å². The number of nitrogens with two attached hydrogens (primary N) is 1. The Morgan fingerprint density at radius 1 is 1.30 bits per heavy atom. The predicted octanol–water partition coefficient (Wildman–Crippen LogP) is 2.29. The van der Waals surface area contributed by atoms with Gasteiger partial charge in [-0.25, -0.2) is 0 Å². The van der Waals surface area contributed by atoms with Crippen molar-refractivity contribution in [2.24, 2.45) is 0 Å². The number of carbonyl (C=O) groups is 1. The number of nitrogen functional groups attached to an aromatic ring is 1. The molecule has 106 valence electrons. The van der Waals surface area contributed by atoms with E-state index in [0.717, 1.165) is 5.56 Å². The number of benzene rings is 1. The molecule has 0 aliphatic heterocycles. The summed E-state index contributed by atoms with van der Waals surface area (Å²) in [6, 6.07) is 8.95. The Kier molecular flexibility index (Phi) is 4.65. The molecule has 1 aromatic heterocycles. The van der Waals surface area contributed by atoms with E-state index in [4.69, 9.17) is 14.9 Å². The molecule has 0 atom stereocenters. The smallest absolute Gasteiger partial charge is 0.226 e. The molecule has 20 heavy (non-hydrogen) atoms. The van der Waals surface area contributed by atoms with E-state index in [2.05, 4.69) is 0 Å². The van der Waals surface area contributed by atoms with Gasteiger partial charge in [-0.2, -0.15) is 0 Å². The summed E-state index contributed by atoms with van der Waals surface area (Å²) in [5, 5.41) is 0. The molecule has 0 saturated heterocycles. The van der Waals surface area contributed by atoms with E-state index < -0.39 is 0 Å². The second-order valence-corrected chi connectivity index (χ2v) is 4.55. The van der Waals surface area contributed by atoms with Crippen molar-refractivity contribution in [3.8, 4) is 5.75 Å². The zero-order valence-corrected chi connectivity index (χ0v) is 11.4. The Labute approximate surface area is 117 Å². The van der Waals surface area contributed by atoms with Crippen LogP contribution in [0.15, 0.2) is 47.3 Å². The van der Waals surface area contributed by atoms with E-state index in [9.17, 15) is 4.79 Å². The van der Waals surface area contributed by atoms with Crippen molar-refractivity contribution in [3.05, 3.63) is 48.4 Å². The lowest BCUT2D eigenvalue weighted by molar-refractivity contribution is -0.130. The number of rotatable bonds is 6. The Morgan fingerprint density at radius 3 is 2.70 bits per heavy atom. The van der Waals surface area contributed by atoms with Crippen molar-refractivity contribution in [1.82, 2.24) is 4.90 Å². The molecule has 0 aliphatic rings. The van der Waals surface area contributed by atoms with E-state index in [1.54, 1.807) is 48.7 Å². The minimum absolute atomic E-state index is 0.0293. The van der Waals surface area contributed by atoms with Crippen LogP contribution in [-0.2, 0) is 11.3 Å². The topological polar surface area (TPSA) is 68.7 Å². The maximum atomic E-state index is 11.9. The molecule has 5 heteroatoms. The van der Waals surface area contributed by atoms with Crippen LogP contribution >= 0.6 is 0 Å². The molecule has 0 aliphatic carbocycles. The van der Waals surface area contributed by atoms with Gasteiger partial charge in [0.15, 0.2) is 0 Å². The highest BCUT2D eigenvalue weighted by Gasteiger charge is 2.10. The quantitative estimate of drug-likeness (QED) is 0.821. The molecule has 0 spiro atoms. The highest BCUT2D eigenvalue weighted by atomic mass is 16.5. The molecule has 2 aromatic rings. The lowest BCUT2D eigenvalue weighted by atomic mass is 10.3. The normalized spacial score (nSPS) is 10.2. The summed E-state index contributed by atoms with van der Waals surface area (Å²) in [6.45, 7) is 0.885. The number of nitrogens with zero attached hydrogens (tertiary/aromatic N) is 1. The van der Waals surface area contributed by atoms with Crippen LogP contribution in [0.1, 0.15) is 12.0 Å². The number of hydrogen-bond acceptors (Lipinski definition) is 4. The van der Waals surface area contributed by atoms with Gasteiger partial charge in [-0.1, -0.05) is 0 Å². The summed E-state index contributed by atoms with van der Waals surface area (Å²) < 4.78 is 10.5. The fourth-order valence-electron chi connectivity index (χ4n) is 1.76. The van der Waals surface area contributed by atoms with Gasteiger partial charge in [0, 0.05) is 24.8 Å². The predicted molar refractivity (Wildman–Crippen MR) is 76.1 cm³/mol. The summed E-state index contributed by atoms with van der Waals surface area (Å²) in [4.78, 5) is 13.6. The molecule has 0 bridgehead atoms. The highest BCUT2D eigenvalue weighted by molar-refractivity contribution is 5.76. The first-order chi connectivity index (χ1) is 9.65.